The smallest absolute Gasteiger partial charge is 0.0651 e. The molecule has 0 aliphatic rings. The van der Waals surface area contributed by atoms with Crippen LogP contribution in [0.4, 0.5) is 5.69 Å². The molecule has 0 amide bonds. The summed E-state index contributed by atoms with van der Waals surface area (Å²) in [6, 6.07) is 8.76. The molecule has 2 rings (SSSR count). The van der Waals surface area contributed by atoms with E-state index in [-0.39, 0.29) is 6.04 Å². The Balaban J connectivity index is 2.11. The van der Waals surface area contributed by atoms with Crippen LogP contribution in [0.3, 0.4) is 0 Å². The predicted molar refractivity (Wildman–Crippen MR) is 71.2 cm³/mol. The van der Waals surface area contributed by atoms with E-state index in [0.29, 0.717) is 0 Å². The van der Waals surface area contributed by atoms with Crippen LogP contribution in [0, 0.1) is 6.92 Å². The van der Waals surface area contributed by atoms with Crippen molar-refractivity contribution in [2.45, 2.75) is 33.2 Å². The average Bonchev–Trinajstić information content (AvgIpc) is 2.82. The standard InChI is InChI=1S/C14H19N3/c1-4-12-5-6-13(9-10(12)2)16-11(3)14-7-8-15-17-14/h5-9,11,16H,4H2,1-3H3,(H,15,17). The first-order valence-electron chi connectivity index (χ1n) is 6.06. The van der Waals surface area contributed by atoms with Gasteiger partial charge in [-0.15, -0.1) is 0 Å². The Morgan fingerprint density at radius 3 is 2.76 bits per heavy atom. The van der Waals surface area contributed by atoms with Crippen LogP contribution in [0.1, 0.15) is 36.7 Å². The van der Waals surface area contributed by atoms with Gasteiger partial charge in [-0.1, -0.05) is 13.0 Å². The van der Waals surface area contributed by atoms with E-state index < -0.39 is 0 Å². The summed E-state index contributed by atoms with van der Waals surface area (Å²) in [6.45, 7) is 6.46. The number of aryl methyl sites for hydroxylation is 2. The minimum absolute atomic E-state index is 0.240. The Morgan fingerprint density at radius 1 is 1.35 bits per heavy atom. The number of aromatic amines is 1. The van der Waals surface area contributed by atoms with Crippen LogP contribution in [-0.4, -0.2) is 10.2 Å². The van der Waals surface area contributed by atoms with Crippen molar-refractivity contribution in [2.75, 3.05) is 5.32 Å². The molecule has 3 heteroatoms. The molecule has 2 N–H and O–H groups in total. The maximum atomic E-state index is 3.96. The Kier molecular flexibility index (Phi) is 3.47. The number of nitrogens with one attached hydrogen (secondary N) is 2. The second-order valence-corrected chi connectivity index (χ2v) is 4.37. The highest BCUT2D eigenvalue weighted by Gasteiger charge is 2.06. The van der Waals surface area contributed by atoms with E-state index in [0.717, 1.165) is 17.8 Å². The van der Waals surface area contributed by atoms with Gasteiger partial charge in [-0.3, -0.25) is 5.10 Å². The molecule has 0 saturated carbocycles. The fourth-order valence-corrected chi connectivity index (χ4v) is 2.02. The third kappa shape index (κ3) is 2.67. The fourth-order valence-electron chi connectivity index (χ4n) is 2.02. The summed E-state index contributed by atoms with van der Waals surface area (Å²) in [5.74, 6) is 0. The van der Waals surface area contributed by atoms with Gasteiger partial charge in [0.2, 0.25) is 0 Å². The molecule has 0 aliphatic heterocycles. The molecule has 90 valence electrons. The van der Waals surface area contributed by atoms with Gasteiger partial charge in [0.15, 0.2) is 0 Å². The van der Waals surface area contributed by atoms with Gasteiger partial charge in [-0.2, -0.15) is 5.10 Å². The number of benzene rings is 1. The minimum atomic E-state index is 0.240. The van der Waals surface area contributed by atoms with Crippen molar-refractivity contribution >= 4 is 5.69 Å². The van der Waals surface area contributed by atoms with E-state index in [9.17, 15) is 0 Å². The molecule has 0 bridgehead atoms. The Labute approximate surface area is 102 Å². The molecule has 0 spiro atoms. The molecule has 1 unspecified atom stereocenters. The summed E-state index contributed by atoms with van der Waals surface area (Å²) in [5, 5.41) is 10.4. The second kappa shape index (κ2) is 5.04. The minimum Gasteiger partial charge on any atom is -0.377 e. The fraction of sp³-hybridized carbons (Fsp3) is 0.357. The molecule has 0 radical (unpaired) electrons. The van der Waals surface area contributed by atoms with E-state index in [1.165, 1.54) is 11.1 Å². The Bertz CT molecular complexity index is 474. The Hall–Kier alpha value is -1.77. The molecule has 17 heavy (non-hydrogen) atoms. The lowest BCUT2D eigenvalue weighted by Gasteiger charge is -2.15. The highest BCUT2D eigenvalue weighted by atomic mass is 15.1. The predicted octanol–water partition coefficient (Wildman–Crippen LogP) is 3.45. The van der Waals surface area contributed by atoms with Crippen molar-refractivity contribution in [3.63, 3.8) is 0 Å². The molecule has 1 aromatic heterocycles. The molecule has 1 aromatic carbocycles. The average molecular weight is 229 g/mol. The highest BCUT2D eigenvalue weighted by molar-refractivity contribution is 5.49. The number of hydrogen-bond acceptors (Lipinski definition) is 2. The van der Waals surface area contributed by atoms with Crippen LogP contribution < -0.4 is 5.32 Å². The monoisotopic (exact) mass is 229 g/mol. The zero-order chi connectivity index (χ0) is 12.3. The normalized spacial score (nSPS) is 12.4. The molecule has 1 atom stereocenters. The van der Waals surface area contributed by atoms with Gasteiger partial charge in [-0.25, -0.2) is 0 Å². The maximum absolute atomic E-state index is 3.96. The van der Waals surface area contributed by atoms with E-state index in [4.69, 9.17) is 0 Å². The van der Waals surface area contributed by atoms with Gasteiger partial charge in [0.1, 0.15) is 0 Å². The number of nitrogens with zero attached hydrogens (tertiary/aromatic N) is 1. The van der Waals surface area contributed by atoms with Gasteiger partial charge in [0, 0.05) is 11.9 Å². The van der Waals surface area contributed by atoms with E-state index >= 15 is 0 Å². The summed E-state index contributed by atoms with van der Waals surface area (Å²) in [5.41, 5.74) is 5.00. The third-order valence-electron chi connectivity index (χ3n) is 3.10. The first kappa shape index (κ1) is 11.7. The summed E-state index contributed by atoms with van der Waals surface area (Å²) in [6.07, 6.45) is 2.86. The third-order valence-corrected chi connectivity index (χ3v) is 3.10. The second-order valence-electron chi connectivity index (χ2n) is 4.37. The quantitative estimate of drug-likeness (QED) is 0.843. The van der Waals surface area contributed by atoms with Crippen molar-refractivity contribution in [3.8, 4) is 0 Å². The van der Waals surface area contributed by atoms with Crippen molar-refractivity contribution in [2.24, 2.45) is 0 Å². The highest BCUT2D eigenvalue weighted by Crippen LogP contribution is 2.20. The largest absolute Gasteiger partial charge is 0.377 e. The lowest BCUT2D eigenvalue weighted by molar-refractivity contribution is 0.825. The molecule has 0 fully saturated rings. The van der Waals surface area contributed by atoms with Crippen molar-refractivity contribution in [1.29, 1.82) is 0 Å². The summed E-state index contributed by atoms with van der Waals surface area (Å²) < 4.78 is 0. The van der Waals surface area contributed by atoms with Crippen LogP contribution in [0.15, 0.2) is 30.5 Å². The molecule has 3 nitrogen and oxygen atoms in total. The lowest BCUT2D eigenvalue weighted by Crippen LogP contribution is -2.07. The van der Waals surface area contributed by atoms with Gasteiger partial charge < -0.3 is 5.32 Å². The van der Waals surface area contributed by atoms with Crippen LogP contribution in [-0.2, 0) is 6.42 Å². The zero-order valence-corrected chi connectivity index (χ0v) is 10.6. The molecular weight excluding hydrogens is 210 g/mol. The van der Waals surface area contributed by atoms with Crippen molar-refractivity contribution in [1.82, 2.24) is 10.2 Å². The summed E-state index contributed by atoms with van der Waals surface area (Å²) in [4.78, 5) is 0. The SMILES string of the molecule is CCc1ccc(NC(C)c2ccn[nH]2)cc1C. The van der Waals surface area contributed by atoms with Gasteiger partial charge in [0.05, 0.1) is 11.7 Å². The van der Waals surface area contributed by atoms with E-state index in [2.05, 4.69) is 54.5 Å². The molecule has 1 heterocycles. The van der Waals surface area contributed by atoms with Crippen molar-refractivity contribution < 1.29 is 0 Å². The van der Waals surface area contributed by atoms with Gasteiger partial charge >= 0.3 is 0 Å². The topological polar surface area (TPSA) is 40.7 Å². The maximum Gasteiger partial charge on any atom is 0.0651 e. The molecule has 0 saturated heterocycles. The van der Waals surface area contributed by atoms with E-state index in [1.807, 2.05) is 6.07 Å². The van der Waals surface area contributed by atoms with Crippen LogP contribution in [0.2, 0.25) is 0 Å². The summed E-state index contributed by atoms with van der Waals surface area (Å²) in [7, 11) is 0. The first-order valence-corrected chi connectivity index (χ1v) is 6.06. The molecular formula is C14H19N3. The lowest BCUT2D eigenvalue weighted by atomic mass is 10.1. The zero-order valence-electron chi connectivity index (χ0n) is 10.6. The number of rotatable bonds is 4. The number of aromatic nitrogens is 2. The van der Waals surface area contributed by atoms with E-state index in [1.54, 1.807) is 6.20 Å². The van der Waals surface area contributed by atoms with Crippen LogP contribution in [0.5, 0.6) is 0 Å². The number of H-pyrrole nitrogens is 1. The van der Waals surface area contributed by atoms with Crippen LogP contribution >= 0.6 is 0 Å². The van der Waals surface area contributed by atoms with Crippen molar-refractivity contribution in [3.05, 3.63) is 47.3 Å². The van der Waals surface area contributed by atoms with Crippen LogP contribution in [0.25, 0.3) is 0 Å². The first-order chi connectivity index (χ1) is 8.20. The van der Waals surface area contributed by atoms with Gasteiger partial charge in [0.25, 0.3) is 0 Å². The number of anilines is 1. The molecule has 0 aliphatic carbocycles. The molecule has 2 aromatic rings. The summed E-state index contributed by atoms with van der Waals surface area (Å²) >= 11 is 0. The Morgan fingerprint density at radius 2 is 2.18 bits per heavy atom. The van der Waals surface area contributed by atoms with Gasteiger partial charge in [-0.05, 0) is 49.6 Å². The number of hydrogen-bond donors (Lipinski definition) is 2.